The van der Waals surface area contributed by atoms with Gasteiger partial charge in [-0.05, 0) is 43.2 Å². The number of hydrogen-bond donors (Lipinski definition) is 0. The van der Waals surface area contributed by atoms with Crippen LogP contribution in [0.15, 0.2) is 36.4 Å². The molecule has 2 aromatic rings. The molecular formula is C21H24O6. The highest BCUT2D eigenvalue weighted by Gasteiger charge is 2.15. The van der Waals surface area contributed by atoms with Gasteiger partial charge in [-0.25, -0.2) is 0 Å². The number of benzene rings is 2. The van der Waals surface area contributed by atoms with Crippen LogP contribution in [-0.4, -0.2) is 39.2 Å². The van der Waals surface area contributed by atoms with Crippen LogP contribution in [0.4, 0.5) is 0 Å². The Bertz CT molecular complexity index is 812. The Kier molecular flexibility index (Phi) is 7.23. The summed E-state index contributed by atoms with van der Waals surface area (Å²) in [5.41, 5.74) is 2.41. The zero-order valence-electron chi connectivity index (χ0n) is 16.0. The molecule has 0 unspecified atom stereocenters. The molecule has 6 nitrogen and oxygen atoms in total. The molecule has 0 atom stereocenters. The molecule has 0 spiro atoms. The molecule has 0 N–H and O–H groups in total. The summed E-state index contributed by atoms with van der Waals surface area (Å²) in [6, 6.07) is 10.7. The highest BCUT2D eigenvalue weighted by molar-refractivity contribution is 6.00. The second kappa shape index (κ2) is 9.62. The van der Waals surface area contributed by atoms with Gasteiger partial charge in [0.1, 0.15) is 17.2 Å². The van der Waals surface area contributed by atoms with Crippen molar-refractivity contribution in [1.29, 1.82) is 0 Å². The molecule has 0 bridgehead atoms. The molecule has 2 rings (SSSR count). The van der Waals surface area contributed by atoms with E-state index in [1.54, 1.807) is 18.2 Å². The maximum atomic E-state index is 12.3. The Hall–Kier alpha value is -3.02. The fourth-order valence-corrected chi connectivity index (χ4v) is 2.43. The van der Waals surface area contributed by atoms with Gasteiger partial charge in [0.05, 0.1) is 32.8 Å². The molecule has 0 amide bonds. The van der Waals surface area contributed by atoms with E-state index in [2.05, 4.69) is 0 Å². The van der Waals surface area contributed by atoms with E-state index in [1.807, 2.05) is 32.0 Å². The lowest BCUT2D eigenvalue weighted by Gasteiger charge is -2.11. The van der Waals surface area contributed by atoms with Gasteiger partial charge in [0, 0.05) is 6.07 Å². The minimum absolute atomic E-state index is 0.0560. The van der Waals surface area contributed by atoms with E-state index in [4.69, 9.17) is 18.9 Å². The number of methoxy groups -OCH3 is 2. The quantitative estimate of drug-likeness (QED) is 0.495. The smallest absolute Gasteiger partial charge is 0.309 e. The van der Waals surface area contributed by atoms with Gasteiger partial charge in [-0.1, -0.05) is 12.1 Å². The zero-order valence-corrected chi connectivity index (χ0v) is 16.0. The number of rotatable bonds is 9. The summed E-state index contributed by atoms with van der Waals surface area (Å²) >= 11 is 0. The number of carbonyl (C=O) groups excluding carboxylic acids is 2. The van der Waals surface area contributed by atoms with Gasteiger partial charge >= 0.3 is 5.97 Å². The van der Waals surface area contributed by atoms with Crippen molar-refractivity contribution in [3.8, 4) is 17.2 Å². The standard InChI is InChI=1S/C21H24O6/c1-14-5-6-15(2)19(11-14)26-10-9-21(23)27-13-18(22)17-8-7-16(24-3)12-20(17)25-4/h5-8,11-12H,9-10,13H2,1-4H3. The topological polar surface area (TPSA) is 71.1 Å². The number of ether oxygens (including phenoxy) is 4. The Balaban J connectivity index is 1.83. The summed E-state index contributed by atoms with van der Waals surface area (Å²) in [6.45, 7) is 3.74. The van der Waals surface area contributed by atoms with Gasteiger partial charge in [-0.3, -0.25) is 9.59 Å². The van der Waals surface area contributed by atoms with Gasteiger partial charge in [0.25, 0.3) is 0 Å². The van der Waals surface area contributed by atoms with Crippen LogP contribution in [0.2, 0.25) is 0 Å². The molecule has 144 valence electrons. The lowest BCUT2D eigenvalue weighted by atomic mass is 10.1. The summed E-state index contributed by atoms with van der Waals surface area (Å²) in [7, 11) is 2.99. The van der Waals surface area contributed by atoms with E-state index in [1.165, 1.54) is 14.2 Å². The summed E-state index contributed by atoms with van der Waals surface area (Å²) in [5, 5.41) is 0. The first kappa shape index (κ1) is 20.3. The number of hydrogen-bond acceptors (Lipinski definition) is 6. The molecule has 0 saturated carbocycles. The van der Waals surface area contributed by atoms with Crippen molar-refractivity contribution in [2.24, 2.45) is 0 Å². The average molecular weight is 372 g/mol. The zero-order chi connectivity index (χ0) is 19.8. The molecule has 27 heavy (non-hydrogen) atoms. The third-order valence-corrected chi connectivity index (χ3v) is 3.98. The Labute approximate surface area is 159 Å². The Morgan fingerprint density at radius 1 is 0.926 bits per heavy atom. The lowest BCUT2D eigenvalue weighted by Crippen LogP contribution is -2.16. The molecule has 6 heteroatoms. The van der Waals surface area contributed by atoms with E-state index in [0.29, 0.717) is 17.1 Å². The molecule has 0 aliphatic carbocycles. The molecule has 0 saturated heterocycles. The minimum Gasteiger partial charge on any atom is -0.497 e. The van der Waals surface area contributed by atoms with Crippen molar-refractivity contribution >= 4 is 11.8 Å². The molecule has 0 fully saturated rings. The largest absolute Gasteiger partial charge is 0.497 e. The van der Waals surface area contributed by atoms with Gasteiger partial charge in [-0.2, -0.15) is 0 Å². The van der Waals surface area contributed by atoms with Crippen LogP contribution in [-0.2, 0) is 9.53 Å². The molecule has 0 aliphatic rings. The highest BCUT2D eigenvalue weighted by atomic mass is 16.5. The van der Waals surface area contributed by atoms with Crippen molar-refractivity contribution in [2.45, 2.75) is 20.3 Å². The monoisotopic (exact) mass is 372 g/mol. The van der Waals surface area contributed by atoms with Crippen molar-refractivity contribution in [3.63, 3.8) is 0 Å². The van der Waals surface area contributed by atoms with Gasteiger partial charge in [-0.15, -0.1) is 0 Å². The minimum atomic E-state index is -0.499. The summed E-state index contributed by atoms with van der Waals surface area (Å²) in [4.78, 5) is 24.1. The van der Waals surface area contributed by atoms with Crippen LogP contribution in [0, 0.1) is 13.8 Å². The number of carbonyl (C=O) groups is 2. The van der Waals surface area contributed by atoms with Crippen LogP contribution in [0.5, 0.6) is 17.2 Å². The van der Waals surface area contributed by atoms with Crippen LogP contribution < -0.4 is 14.2 Å². The van der Waals surface area contributed by atoms with Crippen LogP contribution >= 0.6 is 0 Å². The Morgan fingerprint density at radius 2 is 1.70 bits per heavy atom. The first-order valence-corrected chi connectivity index (χ1v) is 8.55. The summed E-state index contributed by atoms with van der Waals surface area (Å²) in [6.07, 6.45) is 0.0560. The maximum Gasteiger partial charge on any atom is 0.309 e. The summed E-state index contributed by atoms with van der Waals surface area (Å²) < 4.78 is 21.0. The third-order valence-electron chi connectivity index (χ3n) is 3.98. The Morgan fingerprint density at radius 3 is 2.41 bits per heavy atom. The van der Waals surface area contributed by atoms with Crippen LogP contribution in [0.25, 0.3) is 0 Å². The van der Waals surface area contributed by atoms with Crippen LogP contribution in [0.3, 0.4) is 0 Å². The molecule has 2 aromatic carbocycles. The lowest BCUT2D eigenvalue weighted by molar-refractivity contribution is -0.143. The first-order chi connectivity index (χ1) is 12.9. The molecule has 0 radical (unpaired) electrons. The van der Waals surface area contributed by atoms with Gasteiger partial charge in [0.15, 0.2) is 6.61 Å². The molecule has 0 aromatic heterocycles. The molecular weight excluding hydrogens is 348 g/mol. The van der Waals surface area contributed by atoms with E-state index in [0.717, 1.165) is 16.9 Å². The SMILES string of the molecule is COc1ccc(C(=O)COC(=O)CCOc2cc(C)ccc2C)c(OC)c1. The van der Waals surface area contributed by atoms with Gasteiger partial charge in [0.2, 0.25) is 5.78 Å². The number of esters is 1. The van der Waals surface area contributed by atoms with Crippen molar-refractivity contribution in [3.05, 3.63) is 53.1 Å². The fraction of sp³-hybridized carbons (Fsp3) is 0.333. The normalized spacial score (nSPS) is 10.2. The van der Waals surface area contributed by atoms with Crippen molar-refractivity contribution in [1.82, 2.24) is 0 Å². The molecule has 0 aliphatic heterocycles. The second-order valence-corrected chi connectivity index (χ2v) is 6.02. The van der Waals surface area contributed by atoms with Crippen molar-refractivity contribution < 1.29 is 28.5 Å². The predicted octanol–water partition coefficient (Wildman–Crippen LogP) is 3.52. The third kappa shape index (κ3) is 5.74. The second-order valence-electron chi connectivity index (χ2n) is 6.02. The van der Waals surface area contributed by atoms with E-state index < -0.39 is 5.97 Å². The van der Waals surface area contributed by atoms with Gasteiger partial charge < -0.3 is 18.9 Å². The number of ketones is 1. The number of Topliss-reactive ketones (excluding diaryl/α,β-unsaturated/α-hetero) is 1. The van der Waals surface area contributed by atoms with Crippen molar-refractivity contribution in [2.75, 3.05) is 27.4 Å². The average Bonchev–Trinajstić information content (AvgIpc) is 2.68. The highest BCUT2D eigenvalue weighted by Crippen LogP contribution is 2.25. The number of aryl methyl sites for hydroxylation is 2. The summed E-state index contributed by atoms with van der Waals surface area (Å²) in [5.74, 6) is 0.832. The molecule has 0 heterocycles. The van der Waals surface area contributed by atoms with E-state index in [9.17, 15) is 9.59 Å². The first-order valence-electron chi connectivity index (χ1n) is 8.55. The van der Waals surface area contributed by atoms with E-state index >= 15 is 0 Å². The van der Waals surface area contributed by atoms with E-state index in [-0.39, 0.29) is 25.4 Å². The maximum absolute atomic E-state index is 12.3. The fourth-order valence-electron chi connectivity index (χ4n) is 2.43. The van der Waals surface area contributed by atoms with Crippen LogP contribution in [0.1, 0.15) is 27.9 Å². The predicted molar refractivity (Wildman–Crippen MR) is 101 cm³/mol.